The predicted octanol–water partition coefficient (Wildman–Crippen LogP) is 1.75. The molecule has 2 rings (SSSR count). The Kier molecular flexibility index (Phi) is 2.14. The highest BCUT2D eigenvalue weighted by molar-refractivity contribution is 5.61. The standard InChI is InChI=1S/C11H10N2O/c1-8-10(12-7-13-11(8)14)9-5-3-2-4-6-9/h2-7H,1H3,(H,12,13,14). The summed E-state index contributed by atoms with van der Waals surface area (Å²) in [5.41, 5.74) is 2.28. The summed E-state index contributed by atoms with van der Waals surface area (Å²) in [6, 6.07) is 9.67. The van der Waals surface area contributed by atoms with Crippen LogP contribution in [0.2, 0.25) is 0 Å². The minimum absolute atomic E-state index is 0.0844. The molecule has 1 aromatic carbocycles. The van der Waals surface area contributed by atoms with Crippen molar-refractivity contribution >= 4 is 0 Å². The summed E-state index contributed by atoms with van der Waals surface area (Å²) >= 11 is 0. The van der Waals surface area contributed by atoms with Gasteiger partial charge in [-0.3, -0.25) is 4.79 Å². The highest BCUT2D eigenvalue weighted by Crippen LogP contribution is 2.16. The molecule has 0 radical (unpaired) electrons. The fourth-order valence-electron chi connectivity index (χ4n) is 1.36. The van der Waals surface area contributed by atoms with Crippen LogP contribution >= 0.6 is 0 Å². The van der Waals surface area contributed by atoms with E-state index < -0.39 is 0 Å². The number of aromatic amines is 1. The molecule has 1 aromatic heterocycles. The largest absolute Gasteiger partial charge is 0.313 e. The van der Waals surface area contributed by atoms with Gasteiger partial charge in [0.15, 0.2) is 0 Å². The number of hydrogen-bond acceptors (Lipinski definition) is 2. The minimum Gasteiger partial charge on any atom is -0.313 e. The van der Waals surface area contributed by atoms with E-state index in [2.05, 4.69) is 9.97 Å². The van der Waals surface area contributed by atoms with Crippen LogP contribution in [0.25, 0.3) is 11.3 Å². The van der Waals surface area contributed by atoms with Crippen LogP contribution in [-0.2, 0) is 0 Å². The molecule has 0 aliphatic rings. The van der Waals surface area contributed by atoms with Crippen LogP contribution in [0.5, 0.6) is 0 Å². The Morgan fingerprint density at radius 3 is 2.64 bits per heavy atom. The van der Waals surface area contributed by atoms with Crippen LogP contribution in [-0.4, -0.2) is 9.97 Å². The van der Waals surface area contributed by atoms with Crippen molar-refractivity contribution in [1.82, 2.24) is 9.97 Å². The number of aromatic nitrogens is 2. The van der Waals surface area contributed by atoms with Gasteiger partial charge in [0.1, 0.15) is 0 Å². The monoisotopic (exact) mass is 186 g/mol. The topological polar surface area (TPSA) is 45.8 Å². The lowest BCUT2D eigenvalue weighted by molar-refractivity contribution is 1.08. The van der Waals surface area contributed by atoms with Gasteiger partial charge in [-0.1, -0.05) is 30.3 Å². The lowest BCUT2D eigenvalue weighted by Crippen LogP contribution is -2.11. The van der Waals surface area contributed by atoms with E-state index in [9.17, 15) is 4.79 Å². The van der Waals surface area contributed by atoms with Gasteiger partial charge in [0.25, 0.3) is 5.56 Å². The Labute approximate surface area is 81.5 Å². The second kappa shape index (κ2) is 3.46. The molecule has 0 bridgehead atoms. The summed E-state index contributed by atoms with van der Waals surface area (Å²) in [4.78, 5) is 18.0. The molecule has 0 unspecified atom stereocenters. The Hall–Kier alpha value is -1.90. The van der Waals surface area contributed by atoms with Gasteiger partial charge in [-0.05, 0) is 6.92 Å². The Morgan fingerprint density at radius 1 is 1.21 bits per heavy atom. The lowest BCUT2D eigenvalue weighted by atomic mass is 10.1. The molecule has 0 aliphatic heterocycles. The van der Waals surface area contributed by atoms with Crippen molar-refractivity contribution in [1.29, 1.82) is 0 Å². The first-order valence-electron chi connectivity index (χ1n) is 4.39. The predicted molar refractivity (Wildman–Crippen MR) is 55.0 cm³/mol. The number of nitrogens with one attached hydrogen (secondary N) is 1. The number of rotatable bonds is 1. The van der Waals surface area contributed by atoms with Crippen molar-refractivity contribution in [2.24, 2.45) is 0 Å². The van der Waals surface area contributed by atoms with Crippen molar-refractivity contribution < 1.29 is 0 Å². The van der Waals surface area contributed by atoms with Crippen molar-refractivity contribution in [3.05, 3.63) is 52.6 Å². The van der Waals surface area contributed by atoms with Crippen LogP contribution in [0, 0.1) is 6.92 Å². The van der Waals surface area contributed by atoms with E-state index in [1.807, 2.05) is 30.3 Å². The molecule has 70 valence electrons. The van der Waals surface area contributed by atoms with E-state index >= 15 is 0 Å². The van der Waals surface area contributed by atoms with Crippen molar-refractivity contribution in [3.63, 3.8) is 0 Å². The molecular formula is C11H10N2O. The summed E-state index contributed by atoms with van der Waals surface area (Å²) in [6.45, 7) is 1.77. The van der Waals surface area contributed by atoms with Crippen LogP contribution < -0.4 is 5.56 Å². The van der Waals surface area contributed by atoms with E-state index in [1.165, 1.54) is 6.33 Å². The molecule has 0 atom stereocenters. The Morgan fingerprint density at radius 2 is 1.93 bits per heavy atom. The molecule has 0 fully saturated rings. The fraction of sp³-hybridized carbons (Fsp3) is 0.0909. The van der Waals surface area contributed by atoms with Crippen LogP contribution in [0.4, 0.5) is 0 Å². The molecule has 1 N–H and O–H groups in total. The zero-order chi connectivity index (χ0) is 9.97. The van der Waals surface area contributed by atoms with E-state index in [0.717, 1.165) is 11.3 Å². The van der Waals surface area contributed by atoms with E-state index in [4.69, 9.17) is 0 Å². The SMILES string of the molecule is Cc1c(-c2ccccc2)nc[nH]c1=O. The third kappa shape index (κ3) is 1.44. The van der Waals surface area contributed by atoms with Gasteiger partial charge in [-0.15, -0.1) is 0 Å². The summed E-state index contributed by atoms with van der Waals surface area (Å²) in [5, 5.41) is 0. The zero-order valence-corrected chi connectivity index (χ0v) is 7.82. The van der Waals surface area contributed by atoms with Gasteiger partial charge in [-0.25, -0.2) is 4.98 Å². The second-order valence-electron chi connectivity index (χ2n) is 3.07. The highest BCUT2D eigenvalue weighted by atomic mass is 16.1. The maximum absolute atomic E-state index is 11.3. The van der Waals surface area contributed by atoms with Crippen LogP contribution in [0.1, 0.15) is 5.56 Å². The Balaban J connectivity index is 2.64. The maximum atomic E-state index is 11.3. The number of nitrogens with zero attached hydrogens (tertiary/aromatic N) is 1. The van der Waals surface area contributed by atoms with Crippen molar-refractivity contribution in [2.45, 2.75) is 6.92 Å². The molecule has 0 aliphatic carbocycles. The van der Waals surface area contributed by atoms with Gasteiger partial charge < -0.3 is 4.98 Å². The Bertz CT molecular complexity index is 488. The molecule has 14 heavy (non-hydrogen) atoms. The third-order valence-electron chi connectivity index (χ3n) is 2.13. The molecule has 0 saturated heterocycles. The van der Waals surface area contributed by atoms with Gasteiger partial charge in [0, 0.05) is 11.1 Å². The van der Waals surface area contributed by atoms with Crippen LogP contribution in [0.15, 0.2) is 41.5 Å². The van der Waals surface area contributed by atoms with Crippen molar-refractivity contribution in [3.8, 4) is 11.3 Å². The normalized spacial score (nSPS) is 10.1. The molecular weight excluding hydrogens is 176 g/mol. The fourth-order valence-corrected chi connectivity index (χ4v) is 1.36. The number of hydrogen-bond donors (Lipinski definition) is 1. The second-order valence-corrected chi connectivity index (χ2v) is 3.07. The number of benzene rings is 1. The molecule has 3 nitrogen and oxygen atoms in total. The number of H-pyrrole nitrogens is 1. The van der Waals surface area contributed by atoms with Gasteiger partial charge >= 0.3 is 0 Å². The smallest absolute Gasteiger partial charge is 0.254 e. The van der Waals surface area contributed by atoms with E-state index in [1.54, 1.807) is 6.92 Å². The average Bonchev–Trinajstić information content (AvgIpc) is 2.23. The third-order valence-corrected chi connectivity index (χ3v) is 2.13. The quantitative estimate of drug-likeness (QED) is 0.737. The molecule has 0 amide bonds. The van der Waals surface area contributed by atoms with E-state index in [0.29, 0.717) is 5.56 Å². The first-order chi connectivity index (χ1) is 6.79. The highest BCUT2D eigenvalue weighted by Gasteiger charge is 2.04. The minimum atomic E-state index is -0.0844. The lowest BCUT2D eigenvalue weighted by Gasteiger charge is -2.02. The van der Waals surface area contributed by atoms with Crippen molar-refractivity contribution in [2.75, 3.05) is 0 Å². The first-order valence-corrected chi connectivity index (χ1v) is 4.39. The maximum Gasteiger partial charge on any atom is 0.254 e. The summed E-state index contributed by atoms with van der Waals surface area (Å²) in [6.07, 6.45) is 1.43. The van der Waals surface area contributed by atoms with Gasteiger partial charge in [-0.2, -0.15) is 0 Å². The van der Waals surface area contributed by atoms with Gasteiger partial charge in [0.05, 0.1) is 12.0 Å². The summed E-state index contributed by atoms with van der Waals surface area (Å²) in [5.74, 6) is 0. The van der Waals surface area contributed by atoms with Crippen LogP contribution in [0.3, 0.4) is 0 Å². The van der Waals surface area contributed by atoms with E-state index in [-0.39, 0.29) is 5.56 Å². The molecule has 3 heteroatoms. The molecule has 1 heterocycles. The summed E-state index contributed by atoms with van der Waals surface area (Å²) in [7, 11) is 0. The average molecular weight is 186 g/mol. The van der Waals surface area contributed by atoms with Gasteiger partial charge in [0.2, 0.25) is 0 Å². The first kappa shape index (κ1) is 8.69. The molecule has 0 spiro atoms. The summed E-state index contributed by atoms with van der Waals surface area (Å²) < 4.78 is 0. The zero-order valence-electron chi connectivity index (χ0n) is 7.82. The molecule has 0 saturated carbocycles. The molecule has 2 aromatic rings.